The number of thiophene rings is 1. The first kappa shape index (κ1) is 22.3. The lowest BCUT2D eigenvalue weighted by Gasteiger charge is -2.27. The van der Waals surface area contributed by atoms with Crippen molar-refractivity contribution in [2.45, 2.75) is 44.2 Å². The Labute approximate surface area is 192 Å². The van der Waals surface area contributed by atoms with Gasteiger partial charge in [-0.05, 0) is 47.5 Å². The monoisotopic (exact) mass is 467 g/mol. The van der Waals surface area contributed by atoms with Gasteiger partial charge < -0.3 is 10.0 Å². The topological polar surface area (TPSA) is 74.7 Å². The Balaban J connectivity index is 1.85. The molecular weight excluding hydrogens is 442 g/mol. The fourth-order valence-corrected chi connectivity index (χ4v) is 6.23. The van der Waals surface area contributed by atoms with Crippen molar-refractivity contribution in [3.8, 4) is 0 Å². The Morgan fingerprint density at radius 1 is 1.03 bits per heavy atom. The maximum atomic E-state index is 13.6. The smallest absolute Gasteiger partial charge is 0.290 e. The van der Waals surface area contributed by atoms with Crippen molar-refractivity contribution >= 4 is 27.1 Å². The van der Waals surface area contributed by atoms with Crippen LogP contribution in [0.1, 0.15) is 47.4 Å². The molecule has 0 bridgehead atoms. The summed E-state index contributed by atoms with van der Waals surface area (Å²) in [6.07, 6.45) is 0. The highest BCUT2D eigenvalue weighted by Crippen LogP contribution is 2.43. The number of amides is 1. The zero-order valence-electron chi connectivity index (χ0n) is 18.1. The molecule has 166 valence electrons. The van der Waals surface area contributed by atoms with Crippen LogP contribution < -0.4 is 0 Å². The van der Waals surface area contributed by atoms with E-state index in [-0.39, 0.29) is 16.3 Å². The molecule has 2 heterocycles. The molecule has 32 heavy (non-hydrogen) atoms. The predicted octanol–water partition coefficient (Wildman–Crippen LogP) is 5.51. The second-order valence-corrected chi connectivity index (χ2v) is 11.2. The van der Waals surface area contributed by atoms with E-state index < -0.39 is 27.5 Å². The van der Waals surface area contributed by atoms with E-state index in [1.807, 2.05) is 48.7 Å². The summed E-state index contributed by atoms with van der Waals surface area (Å²) in [5, 5.41) is 12.7. The third kappa shape index (κ3) is 3.98. The Kier molecular flexibility index (Phi) is 5.97. The molecule has 0 aliphatic carbocycles. The second-order valence-electron chi connectivity index (χ2n) is 8.27. The molecule has 1 N–H and O–H groups in total. The number of aryl methyl sites for hydroxylation is 1. The molecule has 0 spiro atoms. The zero-order chi connectivity index (χ0) is 23.0. The maximum absolute atomic E-state index is 13.6. The highest BCUT2D eigenvalue weighted by Gasteiger charge is 2.46. The van der Waals surface area contributed by atoms with E-state index in [1.165, 1.54) is 28.4 Å². The molecular formula is C25H25NO4S2. The number of hydrogen-bond donors (Lipinski definition) is 1. The first-order chi connectivity index (χ1) is 15.2. The Morgan fingerprint density at radius 2 is 1.69 bits per heavy atom. The molecule has 2 aromatic carbocycles. The quantitative estimate of drug-likeness (QED) is 0.519. The minimum Gasteiger partial charge on any atom is -0.502 e. The number of nitrogens with zero attached hydrogens (tertiary/aromatic N) is 1. The Hall–Kier alpha value is -2.90. The van der Waals surface area contributed by atoms with Gasteiger partial charge in [-0.25, -0.2) is 8.42 Å². The van der Waals surface area contributed by atoms with Crippen molar-refractivity contribution in [1.29, 1.82) is 0 Å². The van der Waals surface area contributed by atoms with E-state index in [0.29, 0.717) is 11.5 Å². The van der Waals surface area contributed by atoms with Crippen LogP contribution in [0.25, 0.3) is 0 Å². The average Bonchev–Trinajstić information content (AvgIpc) is 3.36. The molecule has 1 aliphatic heterocycles. The number of aliphatic hydroxyl groups excluding tert-OH is 1. The van der Waals surface area contributed by atoms with Crippen molar-refractivity contribution in [3.05, 3.63) is 98.3 Å². The Bertz CT molecular complexity index is 1260. The van der Waals surface area contributed by atoms with Gasteiger partial charge in [0.25, 0.3) is 5.91 Å². The summed E-state index contributed by atoms with van der Waals surface area (Å²) in [6, 6.07) is 16.9. The average molecular weight is 468 g/mol. The first-order valence-corrected chi connectivity index (χ1v) is 12.7. The molecule has 1 unspecified atom stereocenters. The lowest BCUT2D eigenvalue weighted by molar-refractivity contribution is -0.130. The van der Waals surface area contributed by atoms with Gasteiger partial charge in [0.15, 0.2) is 5.76 Å². The highest BCUT2D eigenvalue weighted by molar-refractivity contribution is 7.95. The molecule has 4 rings (SSSR count). The molecule has 0 saturated heterocycles. The molecule has 5 nitrogen and oxygen atoms in total. The number of benzene rings is 2. The summed E-state index contributed by atoms with van der Waals surface area (Å²) in [7, 11) is -4.10. The van der Waals surface area contributed by atoms with Gasteiger partial charge in [0.05, 0.1) is 17.5 Å². The third-order valence-corrected chi connectivity index (χ3v) is 8.45. The van der Waals surface area contributed by atoms with Crippen LogP contribution in [0.4, 0.5) is 0 Å². The summed E-state index contributed by atoms with van der Waals surface area (Å²) >= 11 is 1.48. The van der Waals surface area contributed by atoms with E-state index in [2.05, 4.69) is 13.8 Å². The fraction of sp³-hybridized carbons (Fsp3) is 0.240. The molecule has 1 aromatic heterocycles. The SMILES string of the molecule is Cc1ccc(S(=O)(=O)C2=C(O)C(=O)N(Cc3cccs3)C2c2ccc(C(C)C)cc2)cc1. The summed E-state index contributed by atoms with van der Waals surface area (Å²) in [6.45, 7) is 6.24. The summed E-state index contributed by atoms with van der Waals surface area (Å²) in [5.41, 5.74) is 2.68. The van der Waals surface area contributed by atoms with Crippen LogP contribution in [0.5, 0.6) is 0 Å². The van der Waals surface area contributed by atoms with Gasteiger partial charge in [-0.2, -0.15) is 0 Å². The van der Waals surface area contributed by atoms with Gasteiger partial charge in [0.2, 0.25) is 9.84 Å². The minimum absolute atomic E-state index is 0.0548. The van der Waals surface area contributed by atoms with E-state index in [1.54, 1.807) is 12.1 Å². The van der Waals surface area contributed by atoms with Gasteiger partial charge in [-0.3, -0.25) is 4.79 Å². The third-order valence-electron chi connectivity index (χ3n) is 5.70. The van der Waals surface area contributed by atoms with Crippen LogP contribution >= 0.6 is 11.3 Å². The number of sulfone groups is 1. The van der Waals surface area contributed by atoms with Crippen LogP contribution in [0, 0.1) is 6.92 Å². The Morgan fingerprint density at radius 3 is 2.25 bits per heavy atom. The van der Waals surface area contributed by atoms with Gasteiger partial charge in [-0.1, -0.05) is 61.9 Å². The molecule has 1 aliphatic rings. The van der Waals surface area contributed by atoms with Crippen LogP contribution in [0.3, 0.4) is 0 Å². The van der Waals surface area contributed by atoms with E-state index >= 15 is 0 Å². The van der Waals surface area contributed by atoms with Crippen molar-refractivity contribution in [2.75, 3.05) is 0 Å². The van der Waals surface area contributed by atoms with Crippen molar-refractivity contribution in [1.82, 2.24) is 4.90 Å². The lowest BCUT2D eigenvalue weighted by Crippen LogP contribution is -2.30. The molecule has 3 aromatic rings. The van der Waals surface area contributed by atoms with E-state index in [4.69, 9.17) is 0 Å². The van der Waals surface area contributed by atoms with Crippen LogP contribution in [0.2, 0.25) is 0 Å². The van der Waals surface area contributed by atoms with Gasteiger partial charge >= 0.3 is 0 Å². The van der Waals surface area contributed by atoms with Crippen molar-refractivity contribution in [3.63, 3.8) is 0 Å². The second kappa shape index (κ2) is 8.56. The van der Waals surface area contributed by atoms with E-state index in [0.717, 1.165) is 16.0 Å². The van der Waals surface area contributed by atoms with Crippen LogP contribution in [0.15, 0.2) is 81.6 Å². The summed E-state index contributed by atoms with van der Waals surface area (Å²) in [5.74, 6) is -1.07. The minimum atomic E-state index is -4.10. The van der Waals surface area contributed by atoms with Crippen molar-refractivity contribution in [2.24, 2.45) is 0 Å². The maximum Gasteiger partial charge on any atom is 0.290 e. The number of carbonyl (C=O) groups excluding carboxylic acids is 1. The standard InChI is InChI=1S/C25H25NO4S2/c1-16(2)18-8-10-19(11-9-18)22-24(32(29,30)21-12-6-17(3)7-13-21)23(27)25(28)26(22)15-20-5-4-14-31-20/h4-14,16,22,27H,15H2,1-3H3. The lowest BCUT2D eigenvalue weighted by atomic mass is 9.99. The number of hydrogen-bond acceptors (Lipinski definition) is 5. The van der Waals surface area contributed by atoms with Crippen LogP contribution in [-0.2, 0) is 21.2 Å². The first-order valence-electron chi connectivity index (χ1n) is 10.4. The highest BCUT2D eigenvalue weighted by atomic mass is 32.2. The van der Waals surface area contributed by atoms with E-state index in [9.17, 15) is 18.3 Å². The fourth-order valence-electron chi connectivity index (χ4n) is 3.88. The molecule has 7 heteroatoms. The summed E-state index contributed by atoms with van der Waals surface area (Å²) in [4.78, 5) is 15.2. The largest absolute Gasteiger partial charge is 0.502 e. The van der Waals surface area contributed by atoms with Gasteiger partial charge in [-0.15, -0.1) is 11.3 Å². The zero-order valence-corrected chi connectivity index (χ0v) is 19.8. The molecule has 0 saturated carbocycles. The number of rotatable bonds is 6. The molecule has 1 amide bonds. The van der Waals surface area contributed by atoms with Gasteiger partial charge in [0.1, 0.15) is 4.91 Å². The molecule has 0 fully saturated rings. The molecule has 0 radical (unpaired) electrons. The molecule has 1 atom stereocenters. The summed E-state index contributed by atoms with van der Waals surface area (Å²) < 4.78 is 27.2. The predicted molar refractivity (Wildman–Crippen MR) is 126 cm³/mol. The van der Waals surface area contributed by atoms with Crippen LogP contribution in [-0.4, -0.2) is 24.3 Å². The number of carbonyl (C=O) groups is 1. The van der Waals surface area contributed by atoms with Crippen molar-refractivity contribution < 1.29 is 18.3 Å². The van der Waals surface area contributed by atoms with Gasteiger partial charge in [0, 0.05) is 4.88 Å². The normalized spacial score (nSPS) is 16.9. The number of aliphatic hydroxyl groups is 1.